The second-order valence-electron chi connectivity index (χ2n) is 4.36. The molecule has 0 aromatic heterocycles. The Morgan fingerprint density at radius 2 is 1.68 bits per heavy atom. The summed E-state index contributed by atoms with van der Waals surface area (Å²) in [7, 11) is 0.539. The van der Waals surface area contributed by atoms with Crippen molar-refractivity contribution in [1.29, 1.82) is 0 Å². The molecule has 0 aliphatic rings. The van der Waals surface area contributed by atoms with Gasteiger partial charge in [0.25, 0.3) is 0 Å². The second kappa shape index (κ2) is 9.61. The van der Waals surface area contributed by atoms with Gasteiger partial charge in [-0.1, -0.05) is 48.3 Å². The number of hydrogen-bond donors (Lipinski definition) is 0. The molecule has 0 aliphatic heterocycles. The van der Waals surface area contributed by atoms with Gasteiger partial charge in [0.2, 0.25) is 0 Å². The molecule has 0 saturated carbocycles. The molecule has 6 heteroatoms. The zero-order valence-corrected chi connectivity index (χ0v) is 14.9. The van der Waals surface area contributed by atoms with Crippen molar-refractivity contribution in [3.8, 4) is 5.75 Å². The average molecular weight is 347 g/mol. The third-order valence-corrected chi connectivity index (χ3v) is 4.33. The van der Waals surface area contributed by atoms with Crippen molar-refractivity contribution in [2.45, 2.75) is 13.3 Å². The molecule has 0 unspecified atom stereocenters. The van der Waals surface area contributed by atoms with E-state index in [1.165, 1.54) is 0 Å². The van der Waals surface area contributed by atoms with Crippen molar-refractivity contribution in [1.82, 2.24) is 0 Å². The summed E-state index contributed by atoms with van der Waals surface area (Å²) in [5.74, 6) is 0.805. The van der Waals surface area contributed by atoms with Gasteiger partial charge >= 0.3 is 18.9 Å². The van der Waals surface area contributed by atoms with Gasteiger partial charge in [-0.05, 0) is 30.7 Å². The third kappa shape index (κ3) is 5.31. The molecular weight excluding hydrogens is 333 g/mol. The molecule has 0 heterocycles. The largest absolute Gasteiger partial charge is 1.00 e. The van der Waals surface area contributed by atoms with E-state index in [2.05, 4.69) is 6.92 Å². The van der Waals surface area contributed by atoms with Crippen LogP contribution in [-0.4, -0.2) is 12.1 Å². The maximum atomic E-state index is 12.3. The Hall–Kier alpha value is -0.483. The predicted molar refractivity (Wildman–Crippen MR) is 89.6 cm³/mol. The fourth-order valence-corrected chi connectivity index (χ4v) is 3.30. The standard InChI is InChI=1S/C16H14Cl2O2P.Li/c1-2-10-20-11-6-8-12(9-7-11)21-16(19)15-13(17)4-3-5-14(15)18;/h3-9H,2,10H2,1H3;/q-1;+1. The van der Waals surface area contributed by atoms with Gasteiger partial charge in [0, 0.05) is 11.1 Å². The number of ether oxygens (including phenoxy) is 1. The molecule has 2 aromatic carbocycles. The molecule has 0 fully saturated rings. The van der Waals surface area contributed by atoms with Crippen molar-refractivity contribution >= 4 is 42.6 Å². The van der Waals surface area contributed by atoms with E-state index < -0.39 is 0 Å². The average Bonchev–Trinajstić information content (AvgIpc) is 2.46. The van der Waals surface area contributed by atoms with Crippen LogP contribution >= 0.6 is 31.8 Å². The van der Waals surface area contributed by atoms with Gasteiger partial charge in [-0.25, -0.2) is 0 Å². The number of halogens is 2. The zero-order chi connectivity index (χ0) is 15.2. The molecule has 110 valence electrons. The van der Waals surface area contributed by atoms with Crippen LogP contribution in [-0.2, 0) is 0 Å². The Morgan fingerprint density at radius 1 is 1.09 bits per heavy atom. The topological polar surface area (TPSA) is 26.3 Å². The number of benzene rings is 2. The first-order chi connectivity index (χ1) is 10.1. The maximum Gasteiger partial charge on any atom is 1.00 e. The van der Waals surface area contributed by atoms with Gasteiger partial charge in [0.05, 0.1) is 16.7 Å². The minimum atomic E-state index is -0.118. The van der Waals surface area contributed by atoms with Crippen LogP contribution in [0.15, 0.2) is 42.5 Å². The molecule has 0 saturated heterocycles. The normalized spacial score (nSPS) is 10.5. The summed E-state index contributed by atoms with van der Waals surface area (Å²) in [6.45, 7) is 2.74. The fourth-order valence-electron chi connectivity index (χ4n) is 1.71. The van der Waals surface area contributed by atoms with Gasteiger partial charge in [-0.3, -0.25) is 0 Å². The van der Waals surface area contributed by atoms with E-state index in [0.29, 0.717) is 30.8 Å². The van der Waals surface area contributed by atoms with Crippen LogP contribution in [0, 0.1) is 0 Å². The van der Waals surface area contributed by atoms with Crippen molar-refractivity contribution in [3.63, 3.8) is 0 Å². The van der Waals surface area contributed by atoms with E-state index in [-0.39, 0.29) is 24.4 Å². The summed E-state index contributed by atoms with van der Waals surface area (Å²) in [5.41, 5.74) is 0.252. The van der Waals surface area contributed by atoms with E-state index in [1.54, 1.807) is 18.2 Å². The van der Waals surface area contributed by atoms with E-state index in [0.717, 1.165) is 17.5 Å². The molecule has 0 aliphatic carbocycles. The quantitative estimate of drug-likeness (QED) is 0.592. The number of hydrogen-bond acceptors (Lipinski definition) is 2. The monoisotopic (exact) mass is 346 g/mol. The first-order valence-electron chi connectivity index (χ1n) is 6.54. The number of carbonyl (C=O) groups is 1. The van der Waals surface area contributed by atoms with Crippen molar-refractivity contribution in [3.05, 3.63) is 58.1 Å². The van der Waals surface area contributed by atoms with Gasteiger partial charge in [0.15, 0.2) is 0 Å². The van der Waals surface area contributed by atoms with Crippen LogP contribution in [0.5, 0.6) is 5.75 Å². The summed E-state index contributed by atoms with van der Waals surface area (Å²) >= 11 is 12.1. The summed E-state index contributed by atoms with van der Waals surface area (Å²) < 4.78 is 5.51. The minimum Gasteiger partial charge on any atom is -0.494 e. The summed E-state index contributed by atoms with van der Waals surface area (Å²) in [6.07, 6.45) is 0.962. The zero-order valence-electron chi connectivity index (χ0n) is 12.5. The molecular formula is C16H14Cl2LiO2P. The van der Waals surface area contributed by atoms with Crippen LogP contribution in [0.2, 0.25) is 10.0 Å². The van der Waals surface area contributed by atoms with Crippen LogP contribution in [0.3, 0.4) is 0 Å². The van der Waals surface area contributed by atoms with Gasteiger partial charge < -0.3 is 18.1 Å². The molecule has 0 amide bonds. The molecule has 0 spiro atoms. The SMILES string of the molecule is CCCOc1ccc([P-]C(=O)c2c(Cl)cccc2Cl)cc1.[Li+]. The Balaban J connectivity index is 0.00000242. The van der Waals surface area contributed by atoms with Gasteiger partial charge in [-0.2, -0.15) is 5.30 Å². The smallest absolute Gasteiger partial charge is 0.494 e. The number of rotatable bonds is 6. The van der Waals surface area contributed by atoms with E-state index in [4.69, 9.17) is 27.9 Å². The predicted octanol–water partition coefficient (Wildman–Crippen LogP) is 2.20. The molecule has 0 radical (unpaired) electrons. The molecule has 2 rings (SSSR count). The molecule has 2 aromatic rings. The van der Waals surface area contributed by atoms with Crippen LogP contribution < -0.4 is 28.9 Å². The Labute approximate surface area is 154 Å². The number of carbonyl (C=O) groups excluding carboxylic acids is 1. The van der Waals surface area contributed by atoms with E-state index in [9.17, 15) is 4.79 Å². The minimum absolute atomic E-state index is 0. The summed E-state index contributed by atoms with van der Waals surface area (Å²) in [4.78, 5) is 12.3. The molecule has 0 atom stereocenters. The third-order valence-electron chi connectivity index (χ3n) is 2.72. The molecule has 2 nitrogen and oxygen atoms in total. The molecule has 0 bridgehead atoms. The van der Waals surface area contributed by atoms with Crippen LogP contribution in [0.4, 0.5) is 0 Å². The molecule has 22 heavy (non-hydrogen) atoms. The van der Waals surface area contributed by atoms with Crippen molar-refractivity contribution < 1.29 is 28.4 Å². The Morgan fingerprint density at radius 3 is 2.23 bits per heavy atom. The van der Waals surface area contributed by atoms with E-state index >= 15 is 0 Å². The van der Waals surface area contributed by atoms with Crippen molar-refractivity contribution in [2.24, 2.45) is 0 Å². The first-order valence-corrected chi connectivity index (χ1v) is 8.19. The fraction of sp³-hybridized carbons (Fsp3) is 0.188. The Bertz CT molecular complexity index is 612. The van der Waals surface area contributed by atoms with Gasteiger partial charge in [0.1, 0.15) is 5.75 Å². The molecule has 0 N–H and O–H groups in total. The summed E-state index contributed by atoms with van der Waals surface area (Å²) in [6, 6.07) is 12.5. The first kappa shape index (κ1) is 19.6. The summed E-state index contributed by atoms with van der Waals surface area (Å²) in [5, 5.41) is 1.63. The Kier molecular flexibility index (Phi) is 8.55. The maximum absolute atomic E-state index is 12.3. The van der Waals surface area contributed by atoms with Crippen molar-refractivity contribution in [2.75, 3.05) is 6.61 Å². The second-order valence-corrected chi connectivity index (χ2v) is 6.32. The van der Waals surface area contributed by atoms with Crippen LogP contribution in [0.1, 0.15) is 23.7 Å². The van der Waals surface area contributed by atoms with Gasteiger partial charge in [-0.15, -0.1) is 0 Å². The van der Waals surface area contributed by atoms with E-state index in [1.807, 2.05) is 24.3 Å². The van der Waals surface area contributed by atoms with Crippen LogP contribution in [0.25, 0.3) is 0 Å².